The first kappa shape index (κ1) is 24.2. The van der Waals surface area contributed by atoms with E-state index in [1.54, 1.807) is 25.1 Å². The Morgan fingerprint density at radius 1 is 1.26 bits per heavy atom. The minimum absolute atomic E-state index is 0.0484. The van der Waals surface area contributed by atoms with Crippen LogP contribution in [0.25, 0.3) is 0 Å². The SMILES string of the molecule is CCOC(=O)C1=CC2(CC[C@H]1S(=O)(=O)Cc1ccc(C)cc1Cl)O[C@H](CO)[C@@H](CO)O2. The predicted octanol–water partition coefficient (Wildman–Crippen LogP) is 1.68. The highest BCUT2D eigenvalue weighted by Crippen LogP contribution is 2.41. The van der Waals surface area contributed by atoms with Crippen molar-refractivity contribution in [1.29, 1.82) is 0 Å². The van der Waals surface area contributed by atoms with Gasteiger partial charge in [-0.15, -0.1) is 0 Å². The molecule has 3 rings (SSSR count). The summed E-state index contributed by atoms with van der Waals surface area (Å²) in [5.41, 5.74) is 1.28. The van der Waals surface area contributed by atoms with E-state index in [1.807, 2.05) is 6.92 Å². The quantitative estimate of drug-likeness (QED) is 0.573. The second-order valence-electron chi connectivity index (χ2n) is 7.74. The molecule has 1 aromatic rings. The topological polar surface area (TPSA) is 119 Å². The summed E-state index contributed by atoms with van der Waals surface area (Å²) in [5, 5.41) is 18.2. The van der Waals surface area contributed by atoms with Crippen LogP contribution in [0.5, 0.6) is 0 Å². The summed E-state index contributed by atoms with van der Waals surface area (Å²) < 4.78 is 43.2. The third-order valence-electron chi connectivity index (χ3n) is 5.46. The van der Waals surface area contributed by atoms with Crippen molar-refractivity contribution in [2.45, 2.75) is 55.7 Å². The van der Waals surface area contributed by atoms with E-state index in [-0.39, 0.29) is 44.0 Å². The molecule has 0 unspecified atom stereocenters. The maximum atomic E-state index is 13.3. The zero-order valence-electron chi connectivity index (χ0n) is 17.4. The number of benzene rings is 1. The lowest BCUT2D eigenvalue weighted by Crippen LogP contribution is -2.41. The molecule has 1 aromatic carbocycles. The summed E-state index contributed by atoms with van der Waals surface area (Å²) >= 11 is 6.23. The maximum absolute atomic E-state index is 13.3. The number of aliphatic hydroxyl groups excluding tert-OH is 2. The number of aliphatic hydroxyl groups is 2. The van der Waals surface area contributed by atoms with Crippen molar-refractivity contribution in [3.05, 3.63) is 46.0 Å². The van der Waals surface area contributed by atoms with E-state index >= 15 is 0 Å². The number of carbonyl (C=O) groups excluding carboxylic acids is 1. The number of carbonyl (C=O) groups is 1. The van der Waals surface area contributed by atoms with Gasteiger partial charge in [0.1, 0.15) is 12.2 Å². The van der Waals surface area contributed by atoms with E-state index < -0.39 is 39.1 Å². The fourth-order valence-electron chi connectivity index (χ4n) is 3.94. The molecule has 2 aliphatic rings. The molecule has 1 aliphatic heterocycles. The molecule has 8 nitrogen and oxygen atoms in total. The Bertz CT molecular complexity index is 946. The van der Waals surface area contributed by atoms with Gasteiger partial charge in [0.15, 0.2) is 15.6 Å². The molecule has 172 valence electrons. The summed E-state index contributed by atoms with van der Waals surface area (Å²) in [4.78, 5) is 12.7. The van der Waals surface area contributed by atoms with Crippen molar-refractivity contribution in [2.24, 2.45) is 0 Å². The molecule has 1 heterocycles. The largest absolute Gasteiger partial charge is 0.463 e. The molecule has 1 saturated heterocycles. The van der Waals surface area contributed by atoms with Gasteiger partial charge in [-0.2, -0.15) is 0 Å². The van der Waals surface area contributed by atoms with Gasteiger partial charge in [0.25, 0.3) is 0 Å². The first-order valence-corrected chi connectivity index (χ1v) is 12.2. The predicted molar refractivity (Wildman–Crippen MR) is 113 cm³/mol. The summed E-state index contributed by atoms with van der Waals surface area (Å²) in [7, 11) is -3.83. The molecule has 3 atom stereocenters. The number of aryl methyl sites for hydroxylation is 1. The minimum Gasteiger partial charge on any atom is -0.463 e. The number of hydrogen-bond acceptors (Lipinski definition) is 8. The van der Waals surface area contributed by atoms with Crippen LogP contribution in [0.2, 0.25) is 5.02 Å². The third-order valence-corrected chi connectivity index (χ3v) is 7.89. The van der Waals surface area contributed by atoms with Gasteiger partial charge >= 0.3 is 5.97 Å². The van der Waals surface area contributed by atoms with Crippen LogP contribution in [0, 0.1) is 6.92 Å². The van der Waals surface area contributed by atoms with Gasteiger partial charge in [-0.25, -0.2) is 13.2 Å². The second kappa shape index (κ2) is 9.56. The van der Waals surface area contributed by atoms with Crippen molar-refractivity contribution in [1.82, 2.24) is 0 Å². The van der Waals surface area contributed by atoms with E-state index in [4.69, 9.17) is 25.8 Å². The number of esters is 1. The highest BCUT2D eigenvalue weighted by molar-refractivity contribution is 7.91. The number of rotatable bonds is 7. The summed E-state index contributed by atoms with van der Waals surface area (Å²) in [5.74, 6) is -2.51. The number of ether oxygens (including phenoxy) is 3. The van der Waals surface area contributed by atoms with Crippen molar-refractivity contribution in [2.75, 3.05) is 19.8 Å². The van der Waals surface area contributed by atoms with Gasteiger partial charge in [0, 0.05) is 11.4 Å². The van der Waals surface area contributed by atoms with Crippen LogP contribution in [0.1, 0.15) is 30.9 Å². The normalized spacial score (nSPS) is 25.5. The first-order chi connectivity index (χ1) is 14.6. The molecule has 0 radical (unpaired) electrons. The van der Waals surface area contributed by atoms with Crippen molar-refractivity contribution in [3.63, 3.8) is 0 Å². The van der Waals surface area contributed by atoms with Crippen LogP contribution in [-0.2, 0) is 34.6 Å². The van der Waals surface area contributed by atoms with Crippen molar-refractivity contribution >= 4 is 27.4 Å². The van der Waals surface area contributed by atoms with Crippen LogP contribution in [0.15, 0.2) is 29.8 Å². The summed E-state index contributed by atoms with van der Waals surface area (Å²) in [6.45, 7) is 2.78. The van der Waals surface area contributed by atoms with Crippen LogP contribution in [0.4, 0.5) is 0 Å². The molecular weight excluding hydrogens is 448 g/mol. The van der Waals surface area contributed by atoms with Crippen LogP contribution >= 0.6 is 11.6 Å². The van der Waals surface area contributed by atoms with E-state index in [2.05, 4.69) is 0 Å². The van der Waals surface area contributed by atoms with E-state index in [9.17, 15) is 23.4 Å². The molecule has 0 aromatic heterocycles. The minimum atomic E-state index is -3.83. The number of halogens is 1. The highest BCUT2D eigenvalue weighted by Gasteiger charge is 2.51. The Kier molecular flexibility index (Phi) is 7.45. The van der Waals surface area contributed by atoms with Gasteiger partial charge in [-0.05, 0) is 43.5 Å². The van der Waals surface area contributed by atoms with Gasteiger partial charge in [-0.1, -0.05) is 23.7 Å². The number of sulfone groups is 1. The van der Waals surface area contributed by atoms with E-state index in [0.29, 0.717) is 10.6 Å². The highest BCUT2D eigenvalue weighted by atomic mass is 35.5. The molecule has 1 aliphatic carbocycles. The smallest absolute Gasteiger partial charge is 0.335 e. The van der Waals surface area contributed by atoms with Crippen LogP contribution < -0.4 is 0 Å². The average Bonchev–Trinajstić information content (AvgIpc) is 3.07. The summed E-state index contributed by atoms with van der Waals surface area (Å²) in [6.07, 6.45) is -0.0686. The molecule has 1 fully saturated rings. The molecule has 0 amide bonds. The standard InChI is InChI=1S/C21H27ClO8S/c1-3-28-20(25)15-9-21(29-17(10-23)18(11-24)30-21)7-6-19(15)31(26,27)12-14-5-4-13(2)8-16(14)22/h4-5,8-9,17-19,23-24H,3,6-7,10-12H2,1-2H3/t17-,18-,19-/m1/s1. The van der Waals surface area contributed by atoms with Gasteiger partial charge < -0.3 is 24.4 Å². The first-order valence-electron chi connectivity index (χ1n) is 10.1. The van der Waals surface area contributed by atoms with Crippen LogP contribution in [0.3, 0.4) is 0 Å². The lowest BCUT2D eigenvalue weighted by molar-refractivity contribution is -0.154. The van der Waals surface area contributed by atoms with Crippen molar-refractivity contribution < 1.29 is 37.6 Å². The molecule has 10 heteroatoms. The third kappa shape index (κ3) is 5.13. The van der Waals surface area contributed by atoms with Gasteiger partial charge in [0.2, 0.25) is 0 Å². The Hall–Kier alpha value is -1.49. The van der Waals surface area contributed by atoms with E-state index in [1.165, 1.54) is 6.08 Å². The summed E-state index contributed by atoms with van der Waals surface area (Å²) in [6, 6.07) is 5.13. The maximum Gasteiger partial charge on any atom is 0.335 e. The fraction of sp³-hybridized carbons (Fsp3) is 0.571. The van der Waals surface area contributed by atoms with Crippen molar-refractivity contribution in [3.8, 4) is 0 Å². The van der Waals surface area contributed by atoms with Crippen LogP contribution in [-0.4, -0.2) is 67.7 Å². The Labute approximate surface area is 186 Å². The van der Waals surface area contributed by atoms with Gasteiger partial charge in [0.05, 0.1) is 36.4 Å². The zero-order chi connectivity index (χ0) is 22.8. The van der Waals surface area contributed by atoms with Gasteiger partial charge in [-0.3, -0.25) is 0 Å². The fourth-order valence-corrected chi connectivity index (χ4v) is 6.24. The Morgan fingerprint density at radius 3 is 2.45 bits per heavy atom. The molecule has 0 saturated carbocycles. The Morgan fingerprint density at radius 2 is 1.90 bits per heavy atom. The lowest BCUT2D eigenvalue weighted by Gasteiger charge is -2.33. The Balaban J connectivity index is 1.95. The van der Waals surface area contributed by atoms with E-state index in [0.717, 1.165) is 5.56 Å². The molecule has 0 bridgehead atoms. The zero-order valence-corrected chi connectivity index (χ0v) is 19.0. The average molecular weight is 475 g/mol. The molecule has 2 N–H and O–H groups in total. The monoisotopic (exact) mass is 474 g/mol. The molecule has 1 spiro atoms. The molecule has 31 heavy (non-hydrogen) atoms. The second-order valence-corrected chi connectivity index (χ2v) is 10.3. The molecular formula is C21H27ClO8S. The number of hydrogen-bond donors (Lipinski definition) is 2. The lowest BCUT2D eigenvalue weighted by atomic mass is 9.94.